The lowest BCUT2D eigenvalue weighted by Crippen LogP contribution is -2.38. The molecule has 100 valence electrons. The van der Waals surface area contributed by atoms with Gasteiger partial charge in [0.25, 0.3) is 0 Å². The SMILES string of the molecule is COC(=O)C(C)(O)CSc1ncnc2ccccc12. The van der Waals surface area contributed by atoms with Crippen LogP contribution in [0.2, 0.25) is 0 Å². The highest BCUT2D eigenvalue weighted by Crippen LogP contribution is 2.27. The van der Waals surface area contributed by atoms with Gasteiger partial charge in [0.2, 0.25) is 0 Å². The first-order valence-electron chi connectivity index (χ1n) is 5.68. The van der Waals surface area contributed by atoms with Gasteiger partial charge in [0.1, 0.15) is 11.4 Å². The highest BCUT2D eigenvalue weighted by atomic mass is 32.2. The van der Waals surface area contributed by atoms with E-state index in [-0.39, 0.29) is 5.75 Å². The molecule has 1 aromatic heterocycles. The average molecular weight is 278 g/mol. The van der Waals surface area contributed by atoms with Crippen molar-refractivity contribution in [3.63, 3.8) is 0 Å². The number of benzene rings is 1. The summed E-state index contributed by atoms with van der Waals surface area (Å²) in [6, 6.07) is 7.59. The fraction of sp³-hybridized carbons (Fsp3) is 0.308. The standard InChI is InChI=1S/C13H14N2O3S/c1-13(17,12(16)18-2)7-19-11-9-5-3-4-6-10(9)14-8-15-11/h3-6,8,17H,7H2,1-2H3. The van der Waals surface area contributed by atoms with E-state index in [1.165, 1.54) is 32.1 Å². The molecule has 0 bridgehead atoms. The summed E-state index contributed by atoms with van der Waals surface area (Å²) in [4.78, 5) is 19.7. The minimum absolute atomic E-state index is 0.167. The summed E-state index contributed by atoms with van der Waals surface area (Å²) < 4.78 is 4.56. The van der Waals surface area contributed by atoms with Crippen molar-refractivity contribution in [2.75, 3.05) is 12.9 Å². The van der Waals surface area contributed by atoms with Gasteiger partial charge < -0.3 is 9.84 Å². The minimum atomic E-state index is -1.54. The third-order valence-corrected chi connectivity index (χ3v) is 3.93. The number of ether oxygens (including phenoxy) is 1. The number of rotatable bonds is 4. The van der Waals surface area contributed by atoms with Crippen LogP contribution < -0.4 is 0 Å². The monoisotopic (exact) mass is 278 g/mol. The van der Waals surface area contributed by atoms with Crippen LogP contribution in [0.4, 0.5) is 0 Å². The van der Waals surface area contributed by atoms with Gasteiger partial charge in [0, 0.05) is 11.1 Å². The van der Waals surface area contributed by atoms with Gasteiger partial charge in [-0.1, -0.05) is 18.2 Å². The molecule has 1 heterocycles. The Morgan fingerprint density at radius 1 is 1.42 bits per heavy atom. The van der Waals surface area contributed by atoms with Gasteiger partial charge in [0.05, 0.1) is 12.6 Å². The summed E-state index contributed by atoms with van der Waals surface area (Å²) >= 11 is 1.30. The van der Waals surface area contributed by atoms with E-state index in [9.17, 15) is 9.90 Å². The number of fused-ring (bicyclic) bond motifs is 1. The van der Waals surface area contributed by atoms with Crippen molar-refractivity contribution >= 4 is 28.6 Å². The highest BCUT2D eigenvalue weighted by molar-refractivity contribution is 7.99. The van der Waals surface area contributed by atoms with E-state index in [1.54, 1.807) is 0 Å². The van der Waals surface area contributed by atoms with E-state index in [2.05, 4.69) is 14.7 Å². The lowest BCUT2D eigenvalue weighted by molar-refractivity contribution is -0.158. The molecule has 1 unspecified atom stereocenters. The zero-order valence-electron chi connectivity index (χ0n) is 10.7. The molecule has 0 amide bonds. The number of esters is 1. The zero-order chi connectivity index (χ0) is 13.9. The molecule has 2 rings (SSSR count). The number of carbonyl (C=O) groups excluding carboxylic acids is 1. The second kappa shape index (κ2) is 5.54. The predicted molar refractivity (Wildman–Crippen MR) is 72.9 cm³/mol. The number of nitrogens with zero attached hydrogens (tertiary/aromatic N) is 2. The minimum Gasteiger partial charge on any atom is -0.467 e. The lowest BCUT2D eigenvalue weighted by Gasteiger charge is -2.19. The van der Waals surface area contributed by atoms with Crippen LogP contribution in [-0.4, -0.2) is 39.5 Å². The number of para-hydroxylation sites is 1. The Labute approximate surface area is 115 Å². The molecule has 0 spiro atoms. The number of methoxy groups -OCH3 is 1. The molecule has 0 aliphatic rings. The molecule has 0 radical (unpaired) electrons. The van der Waals surface area contributed by atoms with Crippen LogP contribution in [0.25, 0.3) is 10.9 Å². The summed E-state index contributed by atoms with van der Waals surface area (Å²) in [6.45, 7) is 1.43. The fourth-order valence-corrected chi connectivity index (χ4v) is 2.57. The molecule has 1 aromatic carbocycles. The number of thioether (sulfide) groups is 1. The molecule has 0 aliphatic heterocycles. The van der Waals surface area contributed by atoms with Crippen LogP contribution in [0.5, 0.6) is 0 Å². The second-order valence-electron chi connectivity index (χ2n) is 4.25. The number of hydrogen-bond donors (Lipinski definition) is 1. The van der Waals surface area contributed by atoms with E-state index < -0.39 is 11.6 Å². The molecule has 2 aromatic rings. The Bertz CT molecular complexity index is 596. The first-order chi connectivity index (χ1) is 9.04. The van der Waals surface area contributed by atoms with Crippen molar-refractivity contribution in [3.8, 4) is 0 Å². The summed E-state index contributed by atoms with van der Waals surface area (Å²) in [7, 11) is 1.25. The van der Waals surface area contributed by atoms with E-state index in [4.69, 9.17) is 0 Å². The first-order valence-corrected chi connectivity index (χ1v) is 6.66. The summed E-state index contributed by atoms with van der Waals surface area (Å²) in [5.41, 5.74) is -0.705. The van der Waals surface area contributed by atoms with Gasteiger partial charge in [-0.3, -0.25) is 0 Å². The van der Waals surface area contributed by atoms with Crippen LogP contribution in [0.15, 0.2) is 35.6 Å². The molecule has 0 fully saturated rings. The number of carbonyl (C=O) groups is 1. The van der Waals surface area contributed by atoms with Crippen molar-refractivity contribution in [3.05, 3.63) is 30.6 Å². The number of aromatic nitrogens is 2. The van der Waals surface area contributed by atoms with Crippen LogP contribution >= 0.6 is 11.8 Å². The van der Waals surface area contributed by atoms with Crippen molar-refractivity contribution in [1.82, 2.24) is 9.97 Å². The number of aliphatic hydroxyl groups is 1. The Morgan fingerprint density at radius 3 is 2.89 bits per heavy atom. The Kier molecular flexibility index (Phi) is 4.01. The highest BCUT2D eigenvalue weighted by Gasteiger charge is 2.31. The van der Waals surface area contributed by atoms with E-state index in [1.807, 2.05) is 24.3 Å². The lowest BCUT2D eigenvalue weighted by atomic mass is 10.1. The third-order valence-electron chi connectivity index (χ3n) is 2.62. The predicted octanol–water partition coefficient (Wildman–Crippen LogP) is 1.65. The smallest absolute Gasteiger partial charge is 0.338 e. The maximum Gasteiger partial charge on any atom is 0.338 e. The third kappa shape index (κ3) is 3.02. The normalized spacial score (nSPS) is 14.1. The van der Waals surface area contributed by atoms with Crippen molar-refractivity contribution in [2.24, 2.45) is 0 Å². The Balaban J connectivity index is 2.21. The van der Waals surface area contributed by atoms with Crippen LogP contribution in [0.3, 0.4) is 0 Å². The van der Waals surface area contributed by atoms with Gasteiger partial charge in [-0.2, -0.15) is 0 Å². The van der Waals surface area contributed by atoms with E-state index in [0.29, 0.717) is 0 Å². The van der Waals surface area contributed by atoms with Crippen molar-refractivity contribution < 1.29 is 14.6 Å². The largest absolute Gasteiger partial charge is 0.467 e. The van der Waals surface area contributed by atoms with Crippen molar-refractivity contribution in [1.29, 1.82) is 0 Å². The molecule has 19 heavy (non-hydrogen) atoms. The van der Waals surface area contributed by atoms with E-state index >= 15 is 0 Å². The molecule has 5 nitrogen and oxygen atoms in total. The molecule has 0 saturated carbocycles. The van der Waals surface area contributed by atoms with Gasteiger partial charge >= 0.3 is 5.97 Å². The van der Waals surface area contributed by atoms with Crippen LogP contribution in [0.1, 0.15) is 6.92 Å². The Morgan fingerprint density at radius 2 is 2.16 bits per heavy atom. The van der Waals surface area contributed by atoms with E-state index in [0.717, 1.165) is 15.9 Å². The van der Waals surface area contributed by atoms with Crippen molar-refractivity contribution in [2.45, 2.75) is 17.6 Å². The van der Waals surface area contributed by atoms with Gasteiger partial charge in [0.15, 0.2) is 5.60 Å². The quantitative estimate of drug-likeness (QED) is 0.521. The van der Waals surface area contributed by atoms with Crippen LogP contribution in [0, 0.1) is 0 Å². The molecule has 0 saturated heterocycles. The maximum absolute atomic E-state index is 11.4. The zero-order valence-corrected chi connectivity index (χ0v) is 11.5. The topological polar surface area (TPSA) is 72.3 Å². The van der Waals surface area contributed by atoms with Crippen LogP contribution in [-0.2, 0) is 9.53 Å². The van der Waals surface area contributed by atoms with Gasteiger partial charge in [-0.15, -0.1) is 11.8 Å². The summed E-state index contributed by atoms with van der Waals surface area (Å²) in [6.07, 6.45) is 1.47. The van der Waals surface area contributed by atoms with Gasteiger partial charge in [-0.25, -0.2) is 14.8 Å². The molecule has 0 aliphatic carbocycles. The molecule has 1 N–H and O–H groups in total. The number of hydrogen-bond acceptors (Lipinski definition) is 6. The summed E-state index contributed by atoms with van der Waals surface area (Å²) in [5.74, 6) is -0.487. The maximum atomic E-state index is 11.4. The average Bonchev–Trinajstić information content (AvgIpc) is 2.44. The molecular weight excluding hydrogens is 264 g/mol. The second-order valence-corrected chi connectivity index (χ2v) is 5.21. The van der Waals surface area contributed by atoms with Gasteiger partial charge in [-0.05, 0) is 13.0 Å². The molecule has 1 atom stereocenters. The molecule has 6 heteroatoms. The molecular formula is C13H14N2O3S. The first kappa shape index (κ1) is 13.8. The Hall–Kier alpha value is -1.66. The summed E-state index contributed by atoms with van der Waals surface area (Å²) in [5, 5.41) is 11.6. The fourth-order valence-electron chi connectivity index (χ4n) is 1.58.